The third-order valence-electron chi connectivity index (χ3n) is 2.87. The molecular formula is C11H15NO3. The molecule has 0 aromatic heterocycles. The van der Waals surface area contributed by atoms with Crippen molar-refractivity contribution in [2.24, 2.45) is 0 Å². The van der Waals surface area contributed by atoms with Crippen LogP contribution in [0, 0.1) is 0 Å². The molecule has 0 bridgehead atoms. The molecule has 1 aromatic rings. The molecule has 0 aliphatic carbocycles. The van der Waals surface area contributed by atoms with E-state index in [1.165, 1.54) is 0 Å². The maximum absolute atomic E-state index is 9.86. The van der Waals surface area contributed by atoms with Gasteiger partial charge in [-0.3, -0.25) is 0 Å². The normalized spacial score (nSPS) is 23.5. The van der Waals surface area contributed by atoms with E-state index < -0.39 is 11.4 Å². The number of nitrogens with zero attached hydrogens (tertiary/aromatic N) is 1. The first-order valence-corrected chi connectivity index (χ1v) is 4.88. The number of aliphatic hydroxyl groups is 2. The van der Waals surface area contributed by atoms with Crippen LogP contribution in [0.4, 0.5) is 0 Å². The summed E-state index contributed by atoms with van der Waals surface area (Å²) in [5.74, 6) is -2.31. The van der Waals surface area contributed by atoms with E-state index in [0.29, 0.717) is 17.0 Å². The Morgan fingerprint density at radius 3 is 2.47 bits per heavy atom. The molecule has 0 atom stereocenters. The Balaban J connectivity index is 2.59. The van der Waals surface area contributed by atoms with Crippen molar-refractivity contribution in [3.63, 3.8) is 0 Å². The molecule has 1 heterocycles. The molecular weight excluding hydrogens is 194 g/mol. The molecule has 4 heteroatoms. The van der Waals surface area contributed by atoms with E-state index >= 15 is 0 Å². The zero-order valence-electron chi connectivity index (χ0n) is 8.81. The molecule has 4 nitrogen and oxygen atoms in total. The minimum Gasteiger partial charge on any atom is -0.348 e. The SMILES string of the molecule is CC1(C)Cc2ccccc2C(O)(O)N1O. The van der Waals surface area contributed by atoms with Crippen LogP contribution in [0.2, 0.25) is 0 Å². The first-order valence-electron chi connectivity index (χ1n) is 4.88. The van der Waals surface area contributed by atoms with Gasteiger partial charge in [0.25, 0.3) is 5.91 Å². The van der Waals surface area contributed by atoms with Crippen LogP contribution in [0.15, 0.2) is 24.3 Å². The van der Waals surface area contributed by atoms with Gasteiger partial charge >= 0.3 is 0 Å². The Morgan fingerprint density at radius 2 is 1.80 bits per heavy atom. The lowest BCUT2D eigenvalue weighted by Crippen LogP contribution is -2.59. The summed E-state index contributed by atoms with van der Waals surface area (Å²) in [6.45, 7) is 3.51. The fraction of sp³-hybridized carbons (Fsp3) is 0.455. The number of rotatable bonds is 0. The van der Waals surface area contributed by atoms with Crippen LogP contribution in [-0.4, -0.2) is 26.0 Å². The average molecular weight is 209 g/mol. The van der Waals surface area contributed by atoms with Gasteiger partial charge in [0.2, 0.25) is 0 Å². The number of fused-ring (bicyclic) bond motifs is 1. The lowest BCUT2D eigenvalue weighted by molar-refractivity contribution is -0.406. The third kappa shape index (κ3) is 1.46. The van der Waals surface area contributed by atoms with E-state index in [0.717, 1.165) is 5.56 Å². The van der Waals surface area contributed by atoms with Crippen molar-refractivity contribution in [1.29, 1.82) is 0 Å². The van der Waals surface area contributed by atoms with E-state index in [1.807, 2.05) is 12.1 Å². The van der Waals surface area contributed by atoms with Gasteiger partial charge in [-0.05, 0) is 25.8 Å². The molecule has 1 aromatic carbocycles. The Bertz CT molecular complexity index is 387. The molecule has 0 amide bonds. The first-order chi connectivity index (χ1) is 6.86. The number of benzene rings is 1. The second-order valence-corrected chi connectivity index (χ2v) is 4.59. The minimum atomic E-state index is -2.31. The molecule has 1 aliphatic rings. The summed E-state index contributed by atoms with van der Waals surface area (Å²) in [6, 6.07) is 7.00. The maximum Gasteiger partial charge on any atom is 0.276 e. The molecule has 0 fully saturated rings. The van der Waals surface area contributed by atoms with Crippen LogP contribution < -0.4 is 0 Å². The lowest BCUT2D eigenvalue weighted by Gasteiger charge is -2.46. The highest BCUT2D eigenvalue weighted by atomic mass is 16.6. The standard InChI is InChI=1S/C11H15NO3/c1-10(2)7-8-5-3-4-6-9(8)11(13,14)12(10)15/h3-6,13-15H,7H2,1-2H3. The van der Waals surface area contributed by atoms with Crippen molar-refractivity contribution in [2.45, 2.75) is 31.7 Å². The van der Waals surface area contributed by atoms with E-state index in [4.69, 9.17) is 0 Å². The van der Waals surface area contributed by atoms with Crippen LogP contribution in [-0.2, 0) is 12.3 Å². The van der Waals surface area contributed by atoms with Gasteiger partial charge in [-0.1, -0.05) is 24.3 Å². The summed E-state index contributed by atoms with van der Waals surface area (Å²) in [6.07, 6.45) is 0.572. The Kier molecular flexibility index (Phi) is 2.13. The minimum absolute atomic E-state index is 0.340. The molecule has 3 N–H and O–H groups in total. The molecule has 0 radical (unpaired) electrons. The van der Waals surface area contributed by atoms with E-state index in [9.17, 15) is 15.4 Å². The van der Waals surface area contributed by atoms with Crippen molar-refractivity contribution in [3.05, 3.63) is 35.4 Å². The predicted molar refractivity (Wildman–Crippen MR) is 54.0 cm³/mol. The summed E-state index contributed by atoms with van der Waals surface area (Å²) in [7, 11) is 0. The van der Waals surface area contributed by atoms with Gasteiger partial charge in [0.05, 0.1) is 5.54 Å². The predicted octanol–water partition coefficient (Wildman–Crippen LogP) is 0.807. The molecule has 0 saturated heterocycles. The lowest BCUT2D eigenvalue weighted by atomic mass is 9.85. The van der Waals surface area contributed by atoms with Crippen molar-refractivity contribution in [3.8, 4) is 0 Å². The first kappa shape index (κ1) is 10.6. The fourth-order valence-corrected chi connectivity index (χ4v) is 2.08. The monoisotopic (exact) mass is 209 g/mol. The summed E-state index contributed by atoms with van der Waals surface area (Å²) in [5.41, 5.74) is 0.488. The van der Waals surface area contributed by atoms with Gasteiger partial charge < -0.3 is 15.4 Å². The van der Waals surface area contributed by atoms with Gasteiger partial charge in [-0.2, -0.15) is 0 Å². The molecule has 1 aliphatic heterocycles. The fourth-order valence-electron chi connectivity index (χ4n) is 2.08. The Labute approximate surface area is 88.3 Å². The zero-order valence-corrected chi connectivity index (χ0v) is 8.81. The average Bonchev–Trinajstić information content (AvgIpc) is 2.15. The maximum atomic E-state index is 9.86. The van der Waals surface area contributed by atoms with Crippen molar-refractivity contribution >= 4 is 0 Å². The summed E-state index contributed by atoms with van der Waals surface area (Å²) < 4.78 is 0. The molecule has 82 valence electrons. The smallest absolute Gasteiger partial charge is 0.276 e. The van der Waals surface area contributed by atoms with Gasteiger partial charge in [0.1, 0.15) is 0 Å². The Hall–Kier alpha value is -0.940. The van der Waals surface area contributed by atoms with Crippen LogP contribution in [0.25, 0.3) is 0 Å². The number of hydroxylamine groups is 2. The second-order valence-electron chi connectivity index (χ2n) is 4.59. The molecule has 15 heavy (non-hydrogen) atoms. The number of hydrogen-bond donors (Lipinski definition) is 3. The van der Waals surface area contributed by atoms with Crippen LogP contribution in [0.1, 0.15) is 25.0 Å². The third-order valence-corrected chi connectivity index (χ3v) is 2.87. The molecule has 0 spiro atoms. The topological polar surface area (TPSA) is 63.9 Å². The highest BCUT2D eigenvalue weighted by Crippen LogP contribution is 2.37. The van der Waals surface area contributed by atoms with Crippen LogP contribution >= 0.6 is 0 Å². The summed E-state index contributed by atoms with van der Waals surface area (Å²) in [4.78, 5) is 0. The quantitative estimate of drug-likeness (QED) is 0.553. The highest BCUT2D eigenvalue weighted by Gasteiger charge is 2.48. The van der Waals surface area contributed by atoms with Gasteiger partial charge in [-0.15, -0.1) is 5.06 Å². The van der Waals surface area contributed by atoms with E-state index in [1.54, 1.807) is 26.0 Å². The van der Waals surface area contributed by atoms with Crippen molar-refractivity contribution in [2.75, 3.05) is 0 Å². The molecule has 0 saturated carbocycles. The molecule has 2 rings (SSSR count). The van der Waals surface area contributed by atoms with Crippen LogP contribution in [0.5, 0.6) is 0 Å². The van der Waals surface area contributed by atoms with Gasteiger partial charge in [-0.25, -0.2) is 0 Å². The zero-order chi connectivity index (χ0) is 11.3. The van der Waals surface area contributed by atoms with Crippen molar-refractivity contribution in [1.82, 2.24) is 5.06 Å². The summed E-state index contributed by atoms with van der Waals surface area (Å²) >= 11 is 0. The van der Waals surface area contributed by atoms with E-state index in [-0.39, 0.29) is 0 Å². The second kappa shape index (κ2) is 3.02. The van der Waals surface area contributed by atoms with Crippen LogP contribution in [0.3, 0.4) is 0 Å². The highest BCUT2D eigenvalue weighted by molar-refractivity contribution is 5.34. The molecule has 0 unspecified atom stereocenters. The van der Waals surface area contributed by atoms with Gasteiger partial charge in [0, 0.05) is 5.56 Å². The Morgan fingerprint density at radius 1 is 1.20 bits per heavy atom. The van der Waals surface area contributed by atoms with Crippen molar-refractivity contribution < 1.29 is 15.4 Å². The van der Waals surface area contributed by atoms with Gasteiger partial charge in [0.15, 0.2) is 0 Å². The largest absolute Gasteiger partial charge is 0.348 e. The summed E-state index contributed by atoms with van der Waals surface area (Å²) in [5, 5.41) is 30.1. The number of hydrogen-bond acceptors (Lipinski definition) is 4. The van der Waals surface area contributed by atoms with E-state index in [2.05, 4.69) is 0 Å².